The van der Waals surface area contributed by atoms with E-state index in [1.54, 1.807) is 0 Å². The van der Waals surface area contributed by atoms with Crippen LogP contribution in [0, 0.1) is 12.7 Å². The summed E-state index contributed by atoms with van der Waals surface area (Å²) in [4.78, 5) is 4.43. The maximum absolute atomic E-state index is 13.9. The normalized spacial score (nSPS) is 11.5. The van der Waals surface area contributed by atoms with Crippen LogP contribution in [0.15, 0.2) is 48.7 Å². The molecule has 0 fully saturated rings. The Bertz CT molecular complexity index is 854. The van der Waals surface area contributed by atoms with Crippen molar-refractivity contribution in [2.45, 2.75) is 13.1 Å². The van der Waals surface area contributed by atoms with Gasteiger partial charge in [-0.3, -0.25) is 0 Å². The molecule has 0 bridgehead atoms. The Hall–Kier alpha value is -2.41. The number of thiazole rings is 1. The number of nitrogens with zero attached hydrogens (tertiary/aromatic N) is 1. The zero-order chi connectivity index (χ0) is 17.3. The lowest BCUT2D eigenvalue weighted by Gasteiger charge is -2.08. The molecule has 0 saturated carbocycles. The maximum atomic E-state index is 13.9. The summed E-state index contributed by atoms with van der Waals surface area (Å²) in [5, 5.41) is 3.53. The summed E-state index contributed by atoms with van der Waals surface area (Å²) in [7, 11) is 0. The summed E-state index contributed by atoms with van der Waals surface area (Å²) in [5.74, 6) is -0.714. The second-order valence-electron chi connectivity index (χ2n) is 5.21. The standard InChI is InChI=1S/C17H12F4N2S/c1-10-2-5-12(6-3-10)23-16-22-9-15(24-16)13-8-11(17(19,20)21)4-7-14(13)18/h2-9H,1H3,(H,22,23). The number of halogens is 4. The quantitative estimate of drug-likeness (QED) is 0.583. The Balaban J connectivity index is 1.89. The number of aryl methyl sites for hydroxylation is 1. The number of rotatable bonds is 3. The van der Waals surface area contributed by atoms with E-state index in [9.17, 15) is 17.6 Å². The van der Waals surface area contributed by atoms with Gasteiger partial charge in [-0.1, -0.05) is 29.0 Å². The van der Waals surface area contributed by atoms with E-state index in [4.69, 9.17) is 0 Å². The fourth-order valence-corrected chi connectivity index (χ4v) is 2.96. The van der Waals surface area contributed by atoms with Crippen molar-refractivity contribution in [2.24, 2.45) is 0 Å². The number of hydrogen-bond donors (Lipinski definition) is 1. The number of hydrogen-bond acceptors (Lipinski definition) is 3. The first-order chi connectivity index (χ1) is 11.3. The van der Waals surface area contributed by atoms with Gasteiger partial charge in [-0.2, -0.15) is 13.2 Å². The highest BCUT2D eigenvalue weighted by Gasteiger charge is 2.31. The van der Waals surface area contributed by atoms with Crippen LogP contribution < -0.4 is 5.32 Å². The molecule has 0 radical (unpaired) electrons. The smallest absolute Gasteiger partial charge is 0.332 e. The molecule has 0 unspecified atom stereocenters. The molecule has 1 heterocycles. The molecule has 2 aromatic carbocycles. The zero-order valence-electron chi connectivity index (χ0n) is 12.5. The molecule has 1 N–H and O–H groups in total. The number of aromatic nitrogens is 1. The summed E-state index contributed by atoms with van der Waals surface area (Å²) < 4.78 is 52.3. The van der Waals surface area contributed by atoms with Crippen LogP contribution in [-0.4, -0.2) is 4.98 Å². The molecule has 0 aliphatic carbocycles. The highest BCUT2D eigenvalue weighted by Crippen LogP contribution is 2.36. The minimum atomic E-state index is -4.52. The first-order valence-corrected chi connectivity index (χ1v) is 7.81. The summed E-state index contributed by atoms with van der Waals surface area (Å²) in [6.45, 7) is 1.96. The molecule has 0 amide bonds. The summed E-state index contributed by atoms with van der Waals surface area (Å²) in [6, 6.07) is 9.92. The van der Waals surface area contributed by atoms with Gasteiger partial charge < -0.3 is 5.32 Å². The summed E-state index contributed by atoms with van der Waals surface area (Å²) in [6.07, 6.45) is -3.16. The van der Waals surface area contributed by atoms with E-state index < -0.39 is 17.6 Å². The highest BCUT2D eigenvalue weighted by molar-refractivity contribution is 7.18. The van der Waals surface area contributed by atoms with Gasteiger partial charge in [-0.05, 0) is 37.3 Å². The maximum Gasteiger partial charge on any atom is 0.416 e. The van der Waals surface area contributed by atoms with E-state index in [1.165, 1.54) is 6.20 Å². The average Bonchev–Trinajstić information content (AvgIpc) is 2.97. The molecule has 124 valence electrons. The first-order valence-electron chi connectivity index (χ1n) is 6.99. The van der Waals surface area contributed by atoms with E-state index in [-0.39, 0.29) is 5.56 Å². The van der Waals surface area contributed by atoms with Crippen molar-refractivity contribution >= 4 is 22.2 Å². The third-order valence-corrected chi connectivity index (χ3v) is 4.31. The van der Waals surface area contributed by atoms with Crippen molar-refractivity contribution in [3.8, 4) is 10.4 Å². The topological polar surface area (TPSA) is 24.9 Å². The molecule has 0 saturated heterocycles. The van der Waals surface area contributed by atoms with Crippen LogP contribution in [0.3, 0.4) is 0 Å². The lowest BCUT2D eigenvalue weighted by atomic mass is 10.1. The van der Waals surface area contributed by atoms with Crippen LogP contribution in [0.1, 0.15) is 11.1 Å². The molecule has 2 nitrogen and oxygen atoms in total. The van der Waals surface area contributed by atoms with Crippen molar-refractivity contribution in [2.75, 3.05) is 5.32 Å². The highest BCUT2D eigenvalue weighted by atomic mass is 32.1. The second kappa shape index (κ2) is 6.24. The van der Waals surface area contributed by atoms with Crippen LogP contribution in [0.4, 0.5) is 28.4 Å². The Morgan fingerprint density at radius 1 is 1.04 bits per heavy atom. The van der Waals surface area contributed by atoms with Crippen molar-refractivity contribution in [3.05, 3.63) is 65.6 Å². The minimum Gasteiger partial charge on any atom is -0.332 e. The Labute approximate surface area is 139 Å². The van der Waals surface area contributed by atoms with Gasteiger partial charge in [-0.15, -0.1) is 0 Å². The Morgan fingerprint density at radius 2 is 1.75 bits per heavy atom. The predicted molar refractivity (Wildman–Crippen MR) is 87.0 cm³/mol. The molecule has 3 rings (SSSR count). The van der Waals surface area contributed by atoms with Gasteiger partial charge in [-0.25, -0.2) is 9.37 Å². The zero-order valence-corrected chi connectivity index (χ0v) is 13.3. The van der Waals surface area contributed by atoms with Gasteiger partial charge in [0.05, 0.1) is 10.4 Å². The lowest BCUT2D eigenvalue weighted by Crippen LogP contribution is -2.05. The van der Waals surface area contributed by atoms with E-state index >= 15 is 0 Å². The molecular weight excluding hydrogens is 340 g/mol. The van der Waals surface area contributed by atoms with E-state index in [0.717, 1.165) is 40.8 Å². The summed E-state index contributed by atoms with van der Waals surface area (Å²) >= 11 is 1.09. The third-order valence-electron chi connectivity index (χ3n) is 3.37. The van der Waals surface area contributed by atoms with Crippen LogP contribution in [0.25, 0.3) is 10.4 Å². The second-order valence-corrected chi connectivity index (χ2v) is 6.24. The molecule has 0 aliphatic rings. The van der Waals surface area contributed by atoms with E-state index in [0.29, 0.717) is 10.0 Å². The number of benzene rings is 2. The Kier molecular flexibility index (Phi) is 4.28. The number of alkyl halides is 3. The fourth-order valence-electron chi connectivity index (χ4n) is 2.11. The first kappa shape index (κ1) is 16.4. The van der Waals surface area contributed by atoms with Gasteiger partial charge in [0, 0.05) is 17.4 Å². The largest absolute Gasteiger partial charge is 0.416 e. The van der Waals surface area contributed by atoms with Crippen molar-refractivity contribution < 1.29 is 17.6 Å². The predicted octanol–water partition coefficient (Wildman–Crippen LogP) is 6.02. The van der Waals surface area contributed by atoms with Crippen LogP contribution in [-0.2, 0) is 6.18 Å². The van der Waals surface area contributed by atoms with E-state index in [2.05, 4.69) is 10.3 Å². The van der Waals surface area contributed by atoms with Gasteiger partial charge in [0.15, 0.2) is 5.13 Å². The molecule has 3 aromatic rings. The summed E-state index contributed by atoms with van der Waals surface area (Å²) in [5.41, 5.74) is 0.900. The molecule has 0 aliphatic heterocycles. The average molecular weight is 352 g/mol. The van der Waals surface area contributed by atoms with Crippen molar-refractivity contribution in [1.29, 1.82) is 0 Å². The third kappa shape index (κ3) is 3.56. The van der Waals surface area contributed by atoms with Gasteiger partial charge >= 0.3 is 6.18 Å². The van der Waals surface area contributed by atoms with Gasteiger partial charge in [0.1, 0.15) is 5.82 Å². The van der Waals surface area contributed by atoms with Crippen molar-refractivity contribution in [1.82, 2.24) is 4.98 Å². The lowest BCUT2D eigenvalue weighted by molar-refractivity contribution is -0.137. The molecule has 24 heavy (non-hydrogen) atoms. The molecule has 0 spiro atoms. The van der Waals surface area contributed by atoms with Gasteiger partial charge in [0.25, 0.3) is 0 Å². The van der Waals surface area contributed by atoms with Crippen molar-refractivity contribution in [3.63, 3.8) is 0 Å². The van der Waals surface area contributed by atoms with Crippen LogP contribution in [0.5, 0.6) is 0 Å². The Morgan fingerprint density at radius 3 is 2.42 bits per heavy atom. The number of nitrogens with one attached hydrogen (secondary N) is 1. The minimum absolute atomic E-state index is 0.112. The molecule has 0 atom stereocenters. The van der Waals surface area contributed by atoms with Crippen LogP contribution >= 0.6 is 11.3 Å². The van der Waals surface area contributed by atoms with E-state index in [1.807, 2.05) is 31.2 Å². The molecule has 1 aromatic heterocycles. The fraction of sp³-hybridized carbons (Fsp3) is 0.118. The monoisotopic (exact) mass is 352 g/mol. The number of anilines is 2. The van der Waals surface area contributed by atoms with Crippen LogP contribution in [0.2, 0.25) is 0 Å². The molecular formula is C17H12F4N2S. The van der Waals surface area contributed by atoms with Gasteiger partial charge in [0.2, 0.25) is 0 Å². The SMILES string of the molecule is Cc1ccc(Nc2ncc(-c3cc(C(F)(F)F)ccc3F)s2)cc1. The molecule has 7 heteroatoms.